The second-order valence-electron chi connectivity index (χ2n) is 5.95. The molecule has 19 heavy (non-hydrogen) atoms. The summed E-state index contributed by atoms with van der Waals surface area (Å²) in [6.07, 6.45) is 1.03. The summed E-state index contributed by atoms with van der Waals surface area (Å²) in [5.74, 6) is 0.595. The van der Waals surface area contributed by atoms with E-state index < -0.39 is 0 Å². The van der Waals surface area contributed by atoms with Crippen LogP contribution in [0.4, 0.5) is 0 Å². The van der Waals surface area contributed by atoms with Gasteiger partial charge in [0.15, 0.2) is 0 Å². The molecule has 0 amide bonds. The predicted molar refractivity (Wildman–Crippen MR) is 84.0 cm³/mol. The monoisotopic (exact) mass is 252 g/mol. The number of hydrogen-bond acceptors (Lipinski definition) is 0. The van der Waals surface area contributed by atoms with Crippen molar-refractivity contribution in [1.29, 1.82) is 0 Å². The van der Waals surface area contributed by atoms with Crippen LogP contribution in [0.25, 0.3) is 0 Å². The minimum atomic E-state index is 0.595. The first kappa shape index (κ1) is 13.9. The third-order valence-corrected chi connectivity index (χ3v) is 3.86. The maximum atomic E-state index is 2.40. The maximum absolute atomic E-state index is 2.40. The number of aryl methyl sites for hydroxylation is 3. The fourth-order valence-corrected chi connectivity index (χ4v) is 2.65. The molecule has 0 fully saturated rings. The van der Waals surface area contributed by atoms with Gasteiger partial charge in [0.1, 0.15) is 0 Å². The first-order valence-corrected chi connectivity index (χ1v) is 7.13. The van der Waals surface area contributed by atoms with Gasteiger partial charge < -0.3 is 0 Å². The van der Waals surface area contributed by atoms with Crippen LogP contribution < -0.4 is 0 Å². The summed E-state index contributed by atoms with van der Waals surface area (Å²) in [4.78, 5) is 0. The molecule has 2 aromatic carbocycles. The van der Waals surface area contributed by atoms with E-state index in [1.54, 1.807) is 0 Å². The van der Waals surface area contributed by atoms with E-state index in [4.69, 9.17) is 0 Å². The van der Waals surface area contributed by atoms with E-state index in [2.05, 4.69) is 71.0 Å². The second kappa shape index (κ2) is 5.61. The minimum Gasteiger partial charge on any atom is -0.0590 e. The van der Waals surface area contributed by atoms with Crippen LogP contribution in [0.3, 0.4) is 0 Å². The molecular formula is C19H24. The summed E-state index contributed by atoms with van der Waals surface area (Å²) in [6, 6.07) is 13.6. The van der Waals surface area contributed by atoms with Crippen molar-refractivity contribution >= 4 is 0 Å². The van der Waals surface area contributed by atoms with Crippen LogP contribution in [0.2, 0.25) is 0 Å². The molecule has 0 radical (unpaired) electrons. The Kier molecular flexibility index (Phi) is 4.09. The first-order chi connectivity index (χ1) is 8.97. The van der Waals surface area contributed by atoms with Crippen LogP contribution in [0.1, 0.15) is 53.1 Å². The third kappa shape index (κ3) is 3.26. The van der Waals surface area contributed by atoms with E-state index in [1.807, 2.05) is 0 Å². The first-order valence-electron chi connectivity index (χ1n) is 7.13. The van der Waals surface area contributed by atoms with E-state index >= 15 is 0 Å². The Hall–Kier alpha value is -1.56. The zero-order chi connectivity index (χ0) is 14.0. The predicted octanol–water partition coefficient (Wildman–Crippen LogP) is 5.33. The van der Waals surface area contributed by atoms with E-state index in [0.29, 0.717) is 5.92 Å². The maximum Gasteiger partial charge on any atom is -0.00230 e. The van der Waals surface area contributed by atoms with Crippen LogP contribution in [0.5, 0.6) is 0 Å². The van der Waals surface area contributed by atoms with Gasteiger partial charge in [0.05, 0.1) is 0 Å². The summed E-state index contributed by atoms with van der Waals surface area (Å²) in [7, 11) is 0. The highest BCUT2D eigenvalue weighted by atomic mass is 14.1. The Bertz CT molecular complexity index is 559. The topological polar surface area (TPSA) is 0 Å². The lowest BCUT2D eigenvalue weighted by atomic mass is 9.90. The molecule has 0 saturated heterocycles. The molecule has 0 heterocycles. The Morgan fingerprint density at radius 1 is 0.842 bits per heavy atom. The zero-order valence-corrected chi connectivity index (χ0v) is 12.7. The van der Waals surface area contributed by atoms with Gasteiger partial charge in [-0.2, -0.15) is 0 Å². The van der Waals surface area contributed by atoms with Crippen molar-refractivity contribution in [3.05, 3.63) is 69.8 Å². The molecule has 2 rings (SSSR count). The van der Waals surface area contributed by atoms with Gasteiger partial charge in [-0.3, -0.25) is 0 Å². The summed E-state index contributed by atoms with van der Waals surface area (Å²) < 4.78 is 0. The lowest BCUT2D eigenvalue weighted by molar-refractivity contribution is 0.851. The van der Waals surface area contributed by atoms with Crippen molar-refractivity contribution in [3.8, 4) is 0 Å². The fourth-order valence-electron chi connectivity index (χ4n) is 2.65. The van der Waals surface area contributed by atoms with Gasteiger partial charge in [0.25, 0.3) is 0 Å². The van der Waals surface area contributed by atoms with Gasteiger partial charge in [-0.25, -0.2) is 0 Å². The smallest absolute Gasteiger partial charge is 0.00230 e. The molecule has 0 aliphatic carbocycles. The van der Waals surface area contributed by atoms with Gasteiger partial charge in [-0.05, 0) is 60.9 Å². The Morgan fingerprint density at radius 2 is 1.47 bits per heavy atom. The van der Waals surface area contributed by atoms with E-state index in [0.717, 1.165) is 6.42 Å². The molecule has 0 aromatic heterocycles. The molecule has 0 aliphatic heterocycles. The SMILES string of the molecule is Cc1ccc(Cc2cc(C(C)C)c(C)cc2C)cc1. The molecular weight excluding hydrogens is 228 g/mol. The average Bonchev–Trinajstić information content (AvgIpc) is 2.34. The molecule has 0 N–H and O–H groups in total. The highest BCUT2D eigenvalue weighted by Crippen LogP contribution is 2.24. The number of hydrogen-bond donors (Lipinski definition) is 0. The minimum absolute atomic E-state index is 0.595. The van der Waals surface area contributed by atoms with Gasteiger partial charge >= 0.3 is 0 Å². The number of benzene rings is 2. The Balaban J connectivity index is 2.34. The van der Waals surface area contributed by atoms with Crippen molar-refractivity contribution in [1.82, 2.24) is 0 Å². The van der Waals surface area contributed by atoms with Gasteiger partial charge in [-0.15, -0.1) is 0 Å². The summed E-state index contributed by atoms with van der Waals surface area (Å²) in [6.45, 7) is 11.1. The van der Waals surface area contributed by atoms with Crippen molar-refractivity contribution in [2.75, 3.05) is 0 Å². The van der Waals surface area contributed by atoms with Gasteiger partial charge in [-0.1, -0.05) is 55.8 Å². The molecule has 0 unspecified atom stereocenters. The average molecular weight is 252 g/mol. The largest absolute Gasteiger partial charge is 0.0590 e. The van der Waals surface area contributed by atoms with Gasteiger partial charge in [0.2, 0.25) is 0 Å². The molecule has 0 bridgehead atoms. The van der Waals surface area contributed by atoms with Gasteiger partial charge in [0, 0.05) is 0 Å². The Labute approximate surface area is 117 Å². The molecule has 100 valence electrons. The van der Waals surface area contributed by atoms with Crippen molar-refractivity contribution in [2.24, 2.45) is 0 Å². The molecule has 0 heteroatoms. The van der Waals surface area contributed by atoms with Crippen LogP contribution >= 0.6 is 0 Å². The summed E-state index contributed by atoms with van der Waals surface area (Å²) >= 11 is 0. The lowest BCUT2D eigenvalue weighted by Gasteiger charge is -2.15. The van der Waals surface area contributed by atoms with Crippen LogP contribution in [0, 0.1) is 20.8 Å². The standard InChI is InChI=1S/C19H24/c1-13(2)19-12-18(15(4)10-16(19)5)11-17-8-6-14(3)7-9-17/h6-10,12-13H,11H2,1-5H3. The van der Waals surface area contributed by atoms with Crippen molar-refractivity contribution in [3.63, 3.8) is 0 Å². The van der Waals surface area contributed by atoms with E-state index in [-0.39, 0.29) is 0 Å². The zero-order valence-electron chi connectivity index (χ0n) is 12.7. The quantitative estimate of drug-likeness (QED) is 0.693. The molecule has 2 aromatic rings. The van der Waals surface area contributed by atoms with Crippen molar-refractivity contribution in [2.45, 2.75) is 47.0 Å². The summed E-state index contributed by atoms with van der Waals surface area (Å²) in [5, 5.41) is 0. The normalized spacial score (nSPS) is 11.1. The fraction of sp³-hybridized carbons (Fsp3) is 0.368. The van der Waals surface area contributed by atoms with E-state index in [9.17, 15) is 0 Å². The molecule has 0 aliphatic rings. The highest BCUT2D eigenvalue weighted by Gasteiger charge is 2.08. The second-order valence-corrected chi connectivity index (χ2v) is 5.95. The summed E-state index contributed by atoms with van der Waals surface area (Å²) in [5.41, 5.74) is 8.48. The third-order valence-electron chi connectivity index (χ3n) is 3.86. The molecule has 0 saturated carbocycles. The molecule has 0 spiro atoms. The van der Waals surface area contributed by atoms with E-state index in [1.165, 1.54) is 33.4 Å². The highest BCUT2D eigenvalue weighted by molar-refractivity contribution is 5.41. The van der Waals surface area contributed by atoms with Crippen LogP contribution in [-0.2, 0) is 6.42 Å². The van der Waals surface area contributed by atoms with Crippen LogP contribution in [0.15, 0.2) is 36.4 Å². The Morgan fingerprint density at radius 3 is 2.05 bits per heavy atom. The van der Waals surface area contributed by atoms with Crippen LogP contribution in [-0.4, -0.2) is 0 Å². The molecule has 0 nitrogen and oxygen atoms in total. The lowest BCUT2D eigenvalue weighted by Crippen LogP contribution is -1.99. The molecule has 0 atom stereocenters. The van der Waals surface area contributed by atoms with Crippen molar-refractivity contribution < 1.29 is 0 Å². The number of rotatable bonds is 3.